The van der Waals surface area contributed by atoms with E-state index in [0.29, 0.717) is 13.0 Å². The topological polar surface area (TPSA) is 63.6 Å². The van der Waals surface area contributed by atoms with E-state index in [1.807, 2.05) is 0 Å². The third kappa shape index (κ3) is 17.1. The molecular formula is C20H42O4S. The zero-order valence-electron chi connectivity index (χ0n) is 16.7. The number of ether oxygens (including phenoxy) is 1. The fourth-order valence-corrected chi connectivity index (χ4v) is 3.77. The van der Waals surface area contributed by atoms with Crippen LogP contribution in [0.3, 0.4) is 0 Å². The van der Waals surface area contributed by atoms with Crippen LogP contribution in [0.5, 0.6) is 0 Å². The standard InChI is InChI=1S/C20H42O4S/c1-3-5-7-9-10-11-12-13-15-17-19-24-20(25(21,22)23)18-16-14-8-6-4-2/h20H,3-19H2,1-2H3,(H,21,22,23). The third-order valence-corrected chi connectivity index (χ3v) is 5.71. The molecule has 0 aliphatic carbocycles. The minimum Gasteiger partial charge on any atom is -0.360 e. The molecule has 0 radical (unpaired) electrons. The number of hydrogen-bond acceptors (Lipinski definition) is 3. The Hall–Kier alpha value is -0.130. The van der Waals surface area contributed by atoms with Gasteiger partial charge in [-0.1, -0.05) is 97.3 Å². The lowest BCUT2D eigenvalue weighted by atomic mass is 10.1. The summed E-state index contributed by atoms with van der Waals surface area (Å²) in [5.74, 6) is 0. The van der Waals surface area contributed by atoms with E-state index in [0.717, 1.165) is 38.5 Å². The predicted molar refractivity (Wildman–Crippen MR) is 107 cm³/mol. The average molecular weight is 379 g/mol. The maximum Gasteiger partial charge on any atom is 0.292 e. The van der Waals surface area contributed by atoms with Gasteiger partial charge in [0.05, 0.1) is 0 Å². The second-order valence-electron chi connectivity index (χ2n) is 7.20. The summed E-state index contributed by atoms with van der Waals surface area (Å²) in [5.41, 5.74) is -1.03. The summed E-state index contributed by atoms with van der Waals surface area (Å²) in [6.45, 7) is 4.81. The molecule has 0 saturated heterocycles. The highest BCUT2D eigenvalue weighted by Crippen LogP contribution is 2.15. The molecule has 1 N–H and O–H groups in total. The summed E-state index contributed by atoms with van der Waals surface area (Å²) in [6.07, 6.45) is 18.0. The molecule has 0 amide bonds. The molecule has 0 bridgehead atoms. The molecule has 152 valence electrons. The summed E-state index contributed by atoms with van der Waals surface area (Å²) >= 11 is 0. The highest BCUT2D eigenvalue weighted by atomic mass is 32.2. The van der Waals surface area contributed by atoms with Crippen molar-refractivity contribution in [2.45, 2.75) is 122 Å². The van der Waals surface area contributed by atoms with Gasteiger partial charge in [0.15, 0.2) is 5.44 Å². The molecule has 0 aliphatic heterocycles. The van der Waals surface area contributed by atoms with Gasteiger partial charge in [-0.05, 0) is 19.3 Å². The lowest BCUT2D eigenvalue weighted by Gasteiger charge is -2.15. The van der Waals surface area contributed by atoms with E-state index in [1.54, 1.807) is 0 Å². The van der Waals surface area contributed by atoms with Crippen molar-refractivity contribution in [3.8, 4) is 0 Å². The van der Waals surface area contributed by atoms with Crippen molar-refractivity contribution in [3.63, 3.8) is 0 Å². The lowest BCUT2D eigenvalue weighted by molar-refractivity contribution is 0.0881. The van der Waals surface area contributed by atoms with E-state index in [9.17, 15) is 13.0 Å². The van der Waals surface area contributed by atoms with E-state index >= 15 is 0 Å². The zero-order chi connectivity index (χ0) is 18.8. The van der Waals surface area contributed by atoms with Gasteiger partial charge in [-0.2, -0.15) is 8.42 Å². The van der Waals surface area contributed by atoms with Gasteiger partial charge in [0.1, 0.15) is 0 Å². The molecule has 0 fully saturated rings. The fourth-order valence-electron chi connectivity index (χ4n) is 3.04. The summed E-state index contributed by atoms with van der Waals surface area (Å²) in [6, 6.07) is 0. The molecule has 0 aromatic rings. The summed E-state index contributed by atoms with van der Waals surface area (Å²) in [7, 11) is -4.09. The Bertz CT molecular complexity index is 368. The first-order valence-corrected chi connectivity index (χ1v) is 12.1. The maximum atomic E-state index is 11.4. The van der Waals surface area contributed by atoms with Crippen LogP contribution >= 0.6 is 0 Å². The van der Waals surface area contributed by atoms with Gasteiger partial charge in [-0.3, -0.25) is 4.55 Å². The van der Waals surface area contributed by atoms with Crippen LogP contribution in [0, 0.1) is 0 Å². The number of rotatable bonds is 19. The Morgan fingerprint density at radius 3 is 1.52 bits per heavy atom. The van der Waals surface area contributed by atoms with Crippen LogP contribution in [0.25, 0.3) is 0 Å². The molecule has 0 heterocycles. The Morgan fingerprint density at radius 2 is 1.08 bits per heavy atom. The van der Waals surface area contributed by atoms with E-state index in [4.69, 9.17) is 4.74 Å². The van der Waals surface area contributed by atoms with Gasteiger partial charge in [-0.25, -0.2) is 0 Å². The Balaban J connectivity index is 3.62. The van der Waals surface area contributed by atoms with Crippen LogP contribution in [-0.2, 0) is 14.9 Å². The first-order valence-electron chi connectivity index (χ1n) is 10.6. The molecule has 1 unspecified atom stereocenters. The smallest absolute Gasteiger partial charge is 0.292 e. The van der Waals surface area contributed by atoms with E-state index in [2.05, 4.69) is 13.8 Å². The van der Waals surface area contributed by atoms with Crippen molar-refractivity contribution in [2.24, 2.45) is 0 Å². The molecule has 0 spiro atoms. The monoisotopic (exact) mass is 378 g/mol. The molecule has 0 rings (SSSR count). The second kappa shape index (κ2) is 17.3. The minimum absolute atomic E-state index is 0.403. The number of hydrogen-bond donors (Lipinski definition) is 1. The van der Waals surface area contributed by atoms with Gasteiger partial charge >= 0.3 is 0 Å². The van der Waals surface area contributed by atoms with Crippen molar-refractivity contribution >= 4 is 10.1 Å². The normalized spacial score (nSPS) is 13.2. The van der Waals surface area contributed by atoms with Crippen LogP contribution < -0.4 is 0 Å². The van der Waals surface area contributed by atoms with E-state index in [-0.39, 0.29) is 0 Å². The molecule has 4 nitrogen and oxygen atoms in total. The summed E-state index contributed by atoms with van der Waals surface area (Å²) in [4.78, 5) is 0. The summed E-state index contributed by atoms with van der Waals surface area (Å²) < 4.78 is 37.5. The summed E-state index contributed by atoms with van der Waals surface area (Å²) in [5, 5.41) is 0. The van der Waals surface area contributed by atoms with Crippen LogP contribution in [0.15, 0.2) is 0 Å². The molecule has 0 aliphatic rings. The SMILES string of the molecule is CCCCCCCCCCCCOC(CCCCCCC)S(=O)(=O)O. The first kappa shape index (κ1) is 24.9. The van der Waals surface area contributed by atoms with Gasteiger partial charge < -0.3 is 4.74 Å². The lowest BCUT2D eigenvalue weighted by Crippen LogP contribution is -2.24. The molecule has 0 aromatic heterocycles. The predicted octanol–water partition coefficient (Wildman–Crippen LogP) is 6.50. The Morgan fingerprint density at radius 1 is 0.680 bits per heavy atom. The molecule has 25 heavy (non-hydrogen) atoms. The Labute approximate surface area is 156 Å². The van der Waals surface area contributed by atoms with Crippen LogP contribution in [0.1, 0.15) is 117 Å². The largest absolute Gasteiger partial charge is 0.360 e. The van der Waals surface area contributed by atoms with Crippen molar-refractivity contribution in [1.82, 2.24) is 0 Å². The van der Waals surface area contributed by atoms with Gasteiger partial charge in [0.25, 0.3) is 10.1 Å². The average Bonchev–Trinajstić information content (AvgIpc) is 2.56. The van der Waals surface area contributed by atoms with Crippen molar-refractivity contribution in [3.05, 3.63) is 0 Å². The number of unbranched alkanes of at least 4 members (excludes halogenated alkanes) is 13. The maximum absolute atomic E-state index is 11.4. The third-order valence-electron chi connectivity index (χ3n) is 4.68. The Kier molecular flexibility index (Phi) is 17.2. The van der Waals surface area contributed by atoms with Crippen molar-refractivity contribution < 1.29 is 17.7 Å². The highest BCUT2D eigenvalue weighted by Gasteiger charge is 2.22. The fraction of sp³-hybridized carbons (Fsp3) is 1.00. The van der Waals surface area contributed by atoms with Crippen LogP contribution in [0.4, 0.5) is 0 Å². The van der Waals surface area contributed by atoms with E-state index < -0.39 is 15.6 Å². The van der Waals surface area contributed by atoms with Crippen molar-refractivity contribution in [1.29, 1.82) is 0 Å². The molecule has 0 aromatic carbocycles. The minimum atomic E-state index is -4.09. The van der Waals surface area contributed by atoms with Crippen molar-refractivity contribution in [2.75, 3.05) is 6.61 Å². The quantitative estimate of drug-likeness (QED) is 0.206. The van der Waals surface area contributed by atoms with Gasteiger partial charge in [0, 0.05) is 6.61 Å². The van der Waals surface area contributed by atoms with Crippen LogP contribution in [-0.4, -0.2) is 25.0 Å². The molecule has 0 saturated carbocycles. The van der Waals surface area contributed by atoms with Gasteiger partial charge in [0.2, 0.25) is 0 Å². The zero-order valence-corrected chi connectivity index (χ0v) is 17.5. The van der Waals surface area contributed by atoms with Gasteiger partial charge in [-0.15, -0.1) is 0 Å². The van der Waals surface area contributed by atoms with Crippen LogP contribution in [0.2, 0.25) is 0 Å². The molecular weight excluding hydrogens is 336 g/mol. The highest BCUT2D eigenvalue weighted by molar-refractivity contribution is 7.86. The molecule has 1 atom stereocenters. The molecule has 5 heteroatoms. The first-order chi connectivity index (χ1) is 12.0. The van der Waals surface area contributed by atoms with E-state index in [1.165, 1.54) is 57.8 Å². The second-order valence-corrected chi connectivity index (χ2v) is 8.76.